The lowest BCUT2D eigenvalue weighted by Crippen LogP contribution is -2.17. The number of hydrogen-bond donors (Lipinski definition) is 1. The van der Waals surface area contributed by atoms with Gasteiger partial charge in [0.05, 0.1) is 6.04 Å². The summed E-state index contributed by atoms with van der Waals surface area (Å²) in [5.74, 6) is 0.939. The lowest BCUT2D eigenvalue weighted by molar-refractivity contribution is 0.450. The predicted octanol–water partition coefficient (Wildman–Crippen LogP) is 5.70. The van der Waals surface area contributed by atoms with E-state index in [9.17, 15) is 0 Å². The first-order valence-corrected chi connectivity index (χ1v) is 7.96. The molecule has 0 aliphatic rings. The van der Waals surface area contributed by atoms with E-state index < -0.39 is 0 Å². The van der Waals surface area contributed by atoms with Crippen LogP contribution >= 0.6 is 27.5 Å². The molecule has 0 radical (unpaired) electrons. The molecule has 4 heteroatoms. The Hall–Kier alpha value is -1.29. The average molecular weight is 365 g/mol. The minimum Gasteiger partial charge on any atom is -0.459 e. The quantitative estimate of drug-likeness (QED) is 0.642. The van der Waals surface area contributed by atoms with Crippen LogP contribution in [-0.2, 0) is 6.54 Å². The molecule has 0 saturated carbocycles. The van der Waals surface area contributed by atoms with E-state index in [0.717, 1.165) is 38.3 Å². The van der Waals surface area contributed by atoms with Gasteiger partial charge in [0.15, 0.2) is 0 Å². The van der Waals surface area contributed by atoms with Crippen LogP contribution in [0.15, 0.2) is 57.4 Å². The van der Waals surface area contributed by atoms with Crippen molar-refractivity contribution in [1.82, 2.24) is 5.32 Å². The van der Waals surface area contributed by atoms with Crippen LogP contribution in [0.1, 0.15) is 24.3 Å². The zero-order valence-corrected chi connectivity index (χ0v) is 13.9. The molecular formula is C17H15BrClNO. The first-order chi connectivity index (χ1) is 10.1. The molecule has 3 rings (SSSR count). The molecule has 1 N–H and O–H groups in total. The van der Waals surface area contributed by atoms with Crippen LogP contribution < -0.4 is 5.32 Å². The molecule has 1 heterocycles. The first-order valence-electron chi connectivity index (χ1n) is 6.79. The number of furan rings is 1. The van der Waals surface area contributed by atoms with Gasteiger partial charge in [0.2, 0.25) is 0 Å². The molecule has 0 amide bonds. The van der Waals surface area contributed by atoms with Crippen LogP contribution in [0.5, 0.6) is 0 Å². The maximum absolute atomic E-state index is 6.04. The fraction of sp³-hybridized carbons (Fsp3) is 0.176. The second-order valence-electron chi connectivity index (χ2n) is 5.02. The maximum atomic E-state index is 6.04. The first kappa shape index (κ1) is 14.6. The second-order valence-corrected chi connectivity index (χ2v) is 6.32. The molecule has 3 aromatic rings. The summed E-state index contributed by atoms with van der Waals surface area (Å²) < 4.78 is 6.92. The Bertz CT molecular complexity index is 735. The van der Waals surface area contributed by atoms with Crippen molar-refractivity contribution in [3.8, 4) is 0 Å². The molecule has 108 valence electrons. The lowest BCUT2D eigenvalue weighted by atomic mass is 10.2. The van der Waals surface area contributed by atoms with E-state index in [1.54, 1.807) is 0 Å². The topological polar surface area (TPSA) is 25.2 Å². The highest BCUT2D eigenvalue weighted by molar-refractivity contribution is 9.10. The van der Waals surface area contributed by atoms with Crippen molar-refractivity contribution in [2.24, 2.45) is 0 Å². The Kier molecular flexibility index (Phi) is 4.34. The highest BCUT2D eigenvalue weighted by Gasteiger charge is 2.11. The number of rotatable bonds is 4. The fourth-order valence-corrected chi connectivity index (χ4v) is 2.84. The van der Waals surface area contributed by atoms with Gasteiger partial charge in [0.25, 0.3) is 0 Å². The normalized spacial score (nSPS) is 12.7. The van der Waals surface area contributed by atoms with Crippen molar-refractivity contribution < 1.29 is 4.42 Å². The fourth-order valence-electron chi connectivity index (χ4n) is 2.26. The number of para-hydroxylation sites is 1. The van der Waals surface area contributed by atoms with E-state index in [1.807, 2.05) is 36.4 Å². The predicted molar refractivity (Wildman–Crippen MR) is 90.6 cm³/mol. The molecule has 1 aromatic heterocycles. The Morgan fingerprint density at radius 1 is 1.19 bits per heavy atom. The average Bonchev–Trinajstić information content (AvgIpc) is 2.92. The van der Waals surface area contributed by atoms with Gasteiger partial charge in [-0.1, -0.05) is 45.7 Å². The molecule has 21 heavy (non-hydrogen) atoms. The Balaban J connectivity index is 1.74. The van der Waals surface area contributed by atoms with Crippen LogP contribution in [0.3, 0.4) is 0 Å². The molecule has 0 aliphatic heterocycles. The van der Waals surface area contributed by atoms with Crippen molar-refractivity contribution in [3.05, 3.63) is 69.3 Å². The Morgan fingerprint density at radius 3 is 2.81 bits per heavy atom. The molecule has 0 saturated heterocycles. The number of nitrogens with one attached hydrogen (secondary N) is 1. The summed E-state index contributed by atoms with van der Waals surface area (Å²) in [5.41, 5.74) is 2.05. The van der Waals surface area contributed by atoms with Crippen molar-refractivity contribution in [2.45, 2.75) is 19.5 Å². The molecular weight excluding hydrogens is 350 g/mol. The largest absolute Gasteiger partial charge is 0.459 e. The maximum Gasteiger partial charge on any atom is 0.134 e. The summed E-state index contributed by atoms with van der Waals surface area (Å²) in [6.07, 6.45) is 0. The molecule has 2 aromatic carbocycles. The molecule has 0 bridgehead atoms. The van der Waals surface area contributed by atoms with Gasteiger partial charge in [-0.25, -0.2) is 0 Å². The third-order valence-corrected chi connectivity index (χ3v) is 4.49. The number of halogens is 2. The molecule has 1 unspecified atom stereocenters. The lowest BCUT2D eigenvalue weighted by Gasteiger charge is -2.12. The van der Waals surface area contributed by atoms with E-state index in [4.69, 9.17) is 16.0 Å². The van der Waals surface area contributed by atoms with Crippen molar-refractivity contribution in [1.29, 1.82) is 0 Å². The van der Waals surface area contributed by atoms with Gasteiger partial charge in [0.1, 0.15) is 11.3 Å². The summed E-state index contributed by atoms with van der Waals surface area (Å²) in [6.45, 7) is 2.82. The highest BCUT2D eigenvalue weighted by Crippen LogP contribution is 2.25. The van der Waals surface area contributed by atoms with E-state index in [2.05, 4.69) is 40.3 Å². The molecule has 0 fully saturated rings. The zero-order valence-electron chi connectivity index (χ0n) is 11.6. The molecule has 1 atom stereocenters. The van der Waals surface area contributed by atoms with Crippen molar-refractivity contribution in [2.75, 3.05) is 0 Å². The molecule has 2 nitrogen and oxygen atoms in total. The standard InChI is InChI=1S/C17H15BrClNO/c1-11(17-9-12-4-2-3-5-16(12)21-17)20-10-13-8-14(19)6-7-15(13)18/h2-9,11,20H,10H2,1H3. The summed E-state index contributed by atoms with van der Waals surface area (Å²) in [5, 5.41) is 5.33. The van der Waals surface area contributed by atoms with Gasteiger partial charge >= 0.3 is 0 Å². The molecule has 0 spiro atoms. The van der Waals surface area contributed by atoms with Gasteiger partial charge in [-0.05, 0) is 42.8 Å². The molecule has 0 aliphatic carbocycles. The third kappa shape index (κ3) is 3.31. The van der Waals surface area contributed by atoms with Gasteiger partial charge in [-0.3, -0.25) is 0 Å². The Morgan fingerprint density at radius 2 is 2.00 bits per heavy atom. The number of fused-ring (bicyclic) bond motifs is 1. The van der Waals surface area contributed by atoms with Gasteiger partial charge in [-0.2, -0.15) is 0 Å². The SMILES string of the molecule is CC(NCc1cc(Cl)ccc1Br)c1cc2ccccc2o1. The van der Waals surface area contributed by atoms with E-state index in [1.165, 1.54) is 0 Å². The summed E-state index contributed by atoms with van der Waals surface area (Å²) >= 11 is 9.58. The number of benzene rings is 2. The van der Waals surface area contributed by atoms with E-state index >= 15 is 0 Å². The Labute approximate surface area is 137 Å². The smallest absolute Gasteiger partial charge is 0.134 e. The minimum absolute atomic E-state index is 0.128. The summed E-state index contributed by atoms with van der Waals surface area (Å²) in [4.78, 5) is 0. The van der Waals surface area contributed by atoms with Crippen LogP contribution in [-0.4, -0.2) is 0 Å². The zero-order chi connectivity index (χ0) is 14.8. The highest BCUT2D eigenvalue weighted by atomic mass is 79.9. The van der Waals surface area contributed by atoms with Crippen LogP contribution in [0.25, 0.3) is 11.0 Å². The van der Waals surface area contributed by atoms with Gasteiger partial charge in [-0.15, -0.1) is 0 Å². The van der Waals surface area contributed by atoms with Crippen LogP contribution in [0.4, 0.5) is 0 Å². The summed E-state index contributed by atoms with van der Waals surface area (Å²) in [7, 11) is 0. The number of hydrogen-bond acceptors (Lipinski definition) is 2. The van der Waals surface area contributed by atoms with Crippen LogP contribution in [0, 0.1) is 0 Å². The monoisotopic (exact) mass is 363 g/mol. The van der Waals surface area contributed by atoms with Gasteiger partial charge in [0, 0.05) is 21.4 Å². The third-order valence-electron chi connectivity index (χ3n) is 3.48. The van der Waals surface area contributed by atoms with Crippen molar-refractivity contribution in [3.63, 3.8) is 0 Å². The second kappa shape index (κ2) is 6.22. The minimum atomic E-state index is 0.128. The van der Waals surface area contributed by atoms with E-state index in [0.29, 0.717) is 0 Å². The van der Waals surface area contributed by atoms with E-state index in [-0.39, 0.29) is 6.04 Å². The van der Waals surface area contributed by atoms with Gasteiger partial charge < -0.3 is 9.73 Å². The summed E-state index contributed by atoms with van der Waals surface area (Å²) in [6, 6.07) is 16.1. The van der Waals surface area contributed by atoms with Crippen molar-refractivity contribution >= 4 is 38.5 Å². The van der Waals surface area contributed by atoms with Crippen LogP contribution in [0.2, 0.25) is 5.02 Å².